The van der Waals surface area contributed by atoms with E-state index >= 15 is 0 Å². The first kappa shape index (κ1) is 15.5. The average molecular weight is 287 g/mol. The number of carbonyl (C=O) groups excluding carboxylic acids is 1. The number of benzene rings is 1. The highest BCUT2D eigenvalue weighted by Gasteiger charge is 2.20. The van der Waals surface area contributed by atoms with Crippen LogP contribution in [-0.2, 0) is 11.2 Å². The van der Waals surface area contributed by atoms with Crippen molar-refractivity contribution in [2.45, 2.75) is 52.5 Å². The van der Waals surface area contributed by atoms with E-state index in [2.05, 4.69) is 28.7 Å². The van der Waals surface area contributed by atoms with Gasteiger partial charge in [-0.3, -0.25) is 4.79 Å². The fourth-order valence-electron chi connectivity index (χ4n) is 2.63. The Morgan fingerprint density at radius 3 is 2.76 bits per heavy atom. The first-order valence-corrected chi connectivity index (χ1v) is 7.92. The molecule has 4 nitrogen and oxygen atoms in total. The molecule has 0 aliphatic heterocycles. The van der Waals surface area contributed by atoms with Gasteiger partial charge in [-0.2, -0.15) is 0 Å². The fourth-order valence-corrected chi connectivity index (χ4v) is 2.63. The Balaban J connectivity index is 2.18. The van der Waals surface area contributed by atoms with E-state index in [0.717, 1.165) is 49.1 Å². The lowest BCUT2D eigenvalue weighted by Gasteiger charge is -2.17. The minimum Gasteiger partial charge on any atom is -0.354 e. The molecule has 1 N–H and O–H groups in total. The van der Waals surface area contributed by atoms with Crippen LogP contribution in [-0.4, -0.2) is 22.0 Å². The Labute approximate surface area is 126 Å². The molecular formula is C17H25N3O. The highest BCUT2D eigenvalue weighted by atomic mass is 16.2. The Bertz CT molecular complexity index is 603. The molecule has 1 unspecified atom stereocenters. The lowest BCUT2D eigenvalue weighted by Crippen LogP contribution is -2.32. The van der Waals surface area contributed by atoms with Gasteiger partial charge in [0, 0.05) is 13.0 Å². The minimum absolute atomic E-state index is 0.0731. The molecule has 1 aromatic heterocycles. The zero-order valence-corrected chi connectivity index (χ0v) is 13.2. The summed E-state index contributed by atoms with van der Waals surface area (Å²) in [5.41, 5.74) is 1.99. The summed E-state index contributed by atoms with van der Waals surface area (Å²) in [7, 11) is 0. The Hall–Kier alpha value is -1.84. The van der Waals surface area contributed by atoms with Gasteiger partial charge in [0.1, 0.15) is 11.9 Å². The zero-order chi connectivity index (χ0) is 15.2. The van der Waals surface area contributed by atoms with Crippen LogP contribution >= 0.6 is 0 Å². The van der Waals surface area contributed by atoms with Gasteiger partial charge < -0.3 is 9.88 Å². The number of carbonyl (C=O) groups is 1. The molecule has 1 aromatic carbocycles. The first-order valence-electron chi connectivity index (χ1n) is 7.92. The van der Waals surface area contributed by atoms with Crippen LogP contribution in [0.5, 0.6) is 0 Å². The van der Waals surface area contributed by atoms with Crippen molar-refractivity contribution < 1.29 is 4.79 Å². The maximum absolute atomic E-state index is 12.4. The van der Waals surface area contributed by atoms with E-state index in [1.165, 1.54) is 0 Å². The van der Waals surface area contributed by atoms with E-state index in [0.29, 0.717) is 0 Å². The number of rotatable bonds is 7. The number of nitrogens with zero attached hydrogens (tertiary/aromatic N) is 2. The van der Waals surface area contributed by atoms with Crippen LogP contribution in [0.15, 0.2) is 24.3 Å². The molecule has 0 spiro atoms. The van der Waals surface area contributed by atoms with Gasteiger partial charge in [0.25, 0.3) is 0 Å². The van der Waals surface area contributed by atoms with Crippen molar-refractivity contribution in [3.05, 3.63) is 30.1 Å². The van der Waals surface area contributed by atoms with E-state index in [-0.39, 0.29) is 11.9 Å². The molecule has 2 rings (SSSR count). The van der Waals surface area contributed by atoms with Gasteiger partial charge in [0.15, 0.2) is 0 Å². The molecule has 0 saturated heterocycles. The van der Waals surface area contributed by atoms with Crippen molar-refractivity contribution >= 4 is 16.9 Å². The molecule has 0 saturated carbocycles. The quantitative estimate of drug-likeness (QED) is 0.793. The molecular weight excluding hydrogens is 262 g/mol. The second-order valence-corrected chi connectivity index (χ2v) is 5.41. The van der Waals surface area contributed by atoms with Crippen molar-refractivity contribution in [2.24, 2.45) is 0 Å². The third-order valence-corrected chi connectivity index (χ3v) is 3.83. The summed E-state index contributed by atoms with van der Waals surface area (Å²) in [6, 6.07) is 7.77. The van der Waals surface area contributed by atoms with Crippen molar-refractivity contribution in [2.75, 3.05) is 6.54 Å². The fraction of sp³-hybridized carbons (Fsp3) is 0.529. The zero-order valence-electron chi connectivity index (χ0n) is 13.2. The van der Waals surface area contributed by atoms with Crippen molar-refractivity contribution in [3.63, 3.8) is 0 Å². The van der Waals surface area contributed by atoms with Crippen LogP contribution in [0.4, 0.5) is 0 Å². The molecule has 114 valence electrons. The lowest BCUT2D eigenvalue weighted by molar-refractivity contribution is -0.123. The summed E-state index contributed by atoms with van der Waals surface area (Å²) < 4.78 is 2.06. The molecule has 0 radical (unpaired) electrons. The molecule has 1 heterocycles. The summed E-state index contributed by atoms with van der Waals surface area (Å²) in [4.78, 5) is 17.0. The second kappa shape index (κ2) is 7.25. The first-order chi connectivity index (χ1) is 10.2. The van der Waals surface area contributed by atoms with Crippen LogP contribution in [0.25, 0.3) is 11.0 Å². The van der Waals surface area contributed by atoms with Crippen LogP contribution in [0.2, 0.25) is 0 Å². The number of hydrogen-bond donors (Lipinski definition) is 1. The Morgan fingerprint density at radius 1 is 1.29 bits per heavy atom. The SMILES string of the molecule is CCCCCNC(=O)C(C)n1c(CC)nc2ccccc21. The Morgan fingerprint density at radius 2 is 2.05 bits per heavy atom. The van der Waals surface area contributed by atoms with Gasteiger partial charge in [-0.05, 0) is 25.5 Å². The number of amides is 1. The smallest absolute Gasteiger partial charge is 0.242 e. The van der Waals surface area contributed by atoms with Gasteiger partial charge in [0.2, 0.25) is 5.91 Å². The van der Waals surface area contributed by atoms with Crippen LogP contribution in [0.1, 0.15) is 51.9 Å². The summed E-state index contributed by atoms with van der Waals surface area (Å²) >= 11 is 0. The molecule has 2 aromatic rings. The highest BCUT2D eigenvalue weighted by Crippen LogP contribution is 2.21. The number of hydrogen-bond acceptors (Lipinski definition) is 2. The monoisotopic (exact) mass is 287 g/mol. The summed E-state index contributed by atoms with van der Waals surface area (Å²) in [5, 5.41) is 3.03. The number of aromatic nitrogens is 2. The number of nitrogens with one attached hydrogen (secondary N) is 1. The molecule has 0 bridgehead atoms. The van der Waals surface area contributed by atoms with Gasteiger partial charge in [-0.25, -0.2) is 4.98 Å². The number of imidazole rings is 1. The molecule has 1 atom stereocenters. The maximum Gasteiger partial charge on any atom is 0.242 e. The topological polar surface area (TPSA) is 46.9 Å². The lowest BCUT2D eigenvalue weighted by atomic mass is 10.2. The second-order valence-electron chi connectivity index (χ2n) is 5.41. The summed E-state index contributed by atoms with van der Waals surface area (Å²) in [5.74, 6) is 1.04. The largest absolute Gasteiger partial charge is 0.354 e. The highest BCUT2D eigenvalue weighted by molar-refractivity contribution is 5.84. The number of aryl methyl sites for hydroxylation is 1. The third-order valence-electron chi connectivity index (χ3n) is 3.83. The van der Waals surface area contributed by atoms with Crippen LogP contribution in [0.3, 0.4) is 0 Å². The number of unbranched alkanes of at least 4 members (excludes halogenated alkanes) is 2. The number of para-hydroxylation sites is 2. The Kier molecular flexibility index (Phi) is 5.37. The van der Waals surface area contributed by atoms with Gasteiger partial charge in [-0.1, -0.05) is 38.8 Å². The average Bonchev–Trinajstić information content (AvgIpc) is 2.89. The standard InChI is InChI=1S/C17H25N3O/c1-4-6-9-12-18-17(21)13(3)20-15-11-8-7-10-14(15)19-16(20)5-2/h7-8,10-11,13H,4-6,9,12H2,1-3H3,(H,18,21). The van der Waals surface area contributed by atoms with E-state index in [9.17, 15) is 4.79 Å². The van der Waals surface area contributed by atoms with Crippen molar-refractivity contribution in [3.8, 4) is 0 Å². The van der Waals surface area contributed by atoms with Crippen LogP contribution < -0.4 is 5.32 Å². The van der Waals surface area contributed by atoms with Gasteiger partial charge in [-0.15, -0.1) is 0 Å². The summed E-state index contributed by atoms with van der Waals surface area (Å²) in [6.07, 6.45) is 4.18. The molecule has 4 heteroatoms. The van der Waals surface area contributed by atoms with Crippen LogP contribution in [0, 0.1) is 0 Å². The molecule has 0 aliphatic rings. The predicted octanol–water partition coefficient (Wildman–Crippen LogP) is 3.47. The van der Waals surface area contributed by atoms with Gasteiger partial charge >= 0.3 is 0 Å². The minimum atomic E-state index is -0.228. The molecule has 0 fully saturated rings. The third kappa shape index (κ3) is 3.43. The summed E-state index contributed by atoms with van der Waals surface area (Å²) in [6.45, 7) is 6.94. The van der Waals surface area contributed by atoms with Gasteiger partial charge in [0.05, 0.1) is 11.0 Å². The predicted molar refractivity (Wildman–Crippen MR) is 86.4 cm³/mol. The molecule has 1 amide bonds. The van der Waals surface area contributed by atoms with E-state index in [1.54, 1.807) is 0 Å². The normalized spacial score (nSPS) is 12.5. The van der Waals surface area contributed by atoms with E-state index in [4.69, 9.17) is 0 Å². The van der Waals surface area contributed by atoms with E-state index in [1.807, 2.05) is 31.2 Å². The number of fused-ring (bicyclic) bond motifs is 1. The van der Waals surface area contributed by atoms with Crippen molar-refractivity contribution in [1.29, 1.82) is 0 Å². The molecule has 0 aliphatic carbocycles. The van der Waals surface area contributed by atoms with Crippen molar-refractivity contribution in [1.82, 2.24) is 14.9 Å². The maximum atomic E-state index is 12.4. The molecule has 21 heavy (non-hydrogen) atoms. The van der Waals surface area contributed by atoms with E-state index < -0.39 is 0 Å².